The maximum Gasteiger partial charge on any atom is 0.335 e. The highest BCUT2D eigenvalue weighted by Gasteiger charge is 2.36. The van der Waals surface area contributed by atoms with Crippen LogP contribution in [-0.2, 0) is 9.59 Å². The highest BCUT2D eigenvalue weighted by Crippen LogP contribution is 2.35. The van der Waals surface area contributed by atoms with Crippen LogP contribution in [0.25, 0.3) is 6.08 Å². The molecule has 1 saturated heterocycles. The highest BCUT2D eigenvalue weighted by atomic mass is 127. The molecule has 28 heavy (non-hydrogen) atoms. The van der Waals surface area contributed by atoms with Crippen LogP contribution in [0.4, 0.5) is 10.5 Å². The van der Waals surface area contributed by atoms with Crippen molar-refractivity contribution in [1.82, 2.24) is 10.3 Å². The van der Waals surface area contributed by atoms with E-state index in [-0.39, 0.29) is 5.57 Å². The van der Waals surface area contributed by atoms with Gasteiger partial charge in [-0.25, -0.2) is 9.69 Å². The van der Waals surface area contributed by atoms with Crippen molar-refractivity contribution in [2.45, 2.75) is 6.92 Å². The second-order valence-electron chi connectivity index (χ2n) is 5.63. The van der Waals surface area contributed by atoms with Gasteiger partial charge >= 0.3 is 6.03 Å². The zero-order valence-electron chi connectivity index (χ0n) is 15.1. The number of rotatable bonds is 5. The SMILES string of the molecule is CCOc1c(I)cc(/C=C2/C(=O)NC(=O)N(c3ccncc3)C2=O)cc1OC. The predicted octanol–water partition coefficient (Wildman–Crippen LogP) is 2.76. The Morgan fingerprint density at radius 2 is 1.93 bits per heavy atom. The number of barbiturate groups is 1. The van der Waals surface area contributed by atoms with Crippen molar-refractivity contribution in [3.8, 4) is 11.5 Å². The first-order valence-electron chi connectivity index (χ1n) is 8.28. The summed E-state index contributed by atoms with van der Waals surface area (Å²) in [6.07, 6.45) is 4.32. The van der Waals surface area contributed by atoms with Gasteiger partial charge in [0.25, 0.3) is 11.8 Å². The van der Waals surface area contributed by atoms with Crippen LogP contribution < -0.4 is 19.7 Å². The summed E-state index contributed by atoms with van der Waals surface area (Å²) in [4.78, 5) is 42.1. The smallest absolute Gasteiger partial charge is 0.335 e. The Labute approximate surface area is 174 Å². The Bertz CT molecular complexity index is 975. The van der Waals surface area contributed by atoms with E-state index in [0.29, 0.717) is 29.4 Å². The van der Waals surface area contributed by atoms with Crippen molar-refractivity contribution in [3.63, 3.8) is 0 Å². The molecule has 0 bridgehead atoms. The molecule has 0 saturated carbocycles. The van der Waals surface area contributed by atoms with E-state index in [0.717, 1.165) is 8.47 Å². The van der Waals surface area contributed by atoms with Crippen LogP contribution in [0, 0.1) is 3.57 Å². The second kappa shape index (κ2) is 8.38. The zero-order chi connectivity index (χ0) is 20.3. The van der Waals surface area contributed by atoms with Gasteiger partial charge in [-0.2, -0.15) is 0 Å². The van der Waals surface area contributed by atoms with Crippen LogP contribution in [0.2, 0.25) is 0 Å². The van der Waals surface area contributed by atoms with Crippen molar-refractivity contribution >= 4 is 52.2 Å². The lowest BCUT2D eigenvalue weighted by atomic mass is 10.1. The molecule has 0 atom stereocenters. The lowest BCUT2D eigenvalue weighted by Gasteiger charge is -2.26. The van der Waals surface area contributed by atoms with Gasteiger partial charge in [0.15, 0.2) is 11.5 Å². The van der Waals surface area contributed by atoms with Crippen LogP contribution in [-0.4, -0.2) is 36.5 Å². The third kappa shape index (κ3) is 3.84. The Kier molecular flexibility index (Phi) is 5.93. The number of amides is 4. The summed E-state index contributed by atoms with van der Waals surface area (Å²) < 4.78 is 11.7. The minimum atomic E-state index is -0.808. The molecule has 1 aliphatic rings. The number of halogens is 1. The van der Waals surface area contributed by atoms with E-state index in [1.165, 1.54) is 37.7 Å². The molecule has 0 radical (unpaired) electrons. The van der Waals surface area contributed by atoms with Crippen molar-refractivity contribution < 1.29 is 23.9 Å². The Balaban J connectivity index is 2.03. The minimum absolute atomic E-state index is 0.168. The number of imide groups is 2. The first-order valence-corrected chi connectivity index (χ1v) is 9.36. The monoisotopic (exact) mass is 493 g/mol. The fourth-order valence-corrected chi connectivity index (χ4v) is 3.44. The van der Waals surface area contributed by atoms with Gasteiger partial charge in [0.2, 0.25) is 0 Å². The molecule has 0 unspecified atom stereocenters. The maximum absolute atomic E-state index is 12.9. The van der Waals surface area contributed by atoms with Crippen LogP contribution in [0.1, 0.15) is 12.5 Å². The molecule has 144 valence electrons. The summed E-state index contributed by atoms with van der Waals surface area (Å²) in [7, 11) is 1.51. The van der Waals surface area contributed by atoms with Gasteiger partial charge in [0.1, 0.15) is 5.57 Å². The molecule has 0 aliphatic carbocycles. The lowest BCUT2D eigenvalue weighted by Crippen LogP contribution is -2.54. The Hall–Kier alpha value is -2.95. The van der Waals surface area contributed by atoms with E-state index < -0.39 is 17.8 Å². The summed E-state index contributed by atoms with van der Waals surface area (Å²) in [5.41, 5.74) is 0.709. The largest absolute Gasteiger partial charge is 0.493 e. The van der Waals surface area contributed by atoms with Crippen LogP contribution in [0.15, 0.2) is 42.2 Å². The average Bonchev–Trinajstić information content (AvgIpc) is 2.67. The van der Waals surface area contributed by atoms with Gasteiger partial charge in [0.05, 0.1) is 23.0 Å². The summed E-state index contributed by atoms with van der Waals surface area (Å²) in [5, 5.41) is 2.18. The number of nitrogens with zero attached hydrogens (tertiary/aromatic N) is 2. The quantitative estimate of drug-likeness (QED) is 0.391. The van der Waals surface area contributed by atoms with Crippen molar-refractivity contribution in [2.75, 3.05) is 18.6 Å². The Morgan fingerprint density at radius 3 is 2.57 bits per heavy atom. The molecule has 1 aromatic heterocycles. The number of aromatic nitrogens is 1. The molecule has 1 N–H and O–H groups in total. The normalized spacial score (nSPS) is 15.6. The molecule has 1 fully saturated rings. The number of benzene rings is 1. The Morgan fingerprint density at radius 1 is 1.21 bits per heavy atom. The standard InChI is InChI=1S/C19H16IN3O5/c1-3-28-16-14(20)9-11(10-15(16)27-2)8-13-17(24)22-19(26)23(18(13)25)12-4-6-21-7-5-12/h4-10H,3H2,1-2H3,(H,22,24,26)/b13-8-. The zero-order valence-corrected chi connectivity index (χ0v) is 17.2. The van der Waals surface area contributed by atoms with E-state index >= 15 is 0 Å². The van der Waals surface area contributed by atoms with Gasteiger partial charge in [-0.15, -0.1) is 0 Å². The second-order valence-corrected chi connectivity index (χ2v) is 6.79. The minimum Gasteiger partial charge on any atom is -0.493 e. The van der Waals surface area contributed by atoms with Gasteiger partial charge in [-0.3, -0.25) is 19.9 Å². The van der Waals surface area contributed by atoms with Crippen molar-refractivity contribution in [1.29, 1.82) is 0 Å². The van der Waals surface area contributed by atoms with Crippen LogP contribution >= 0.6 is 22.6 Å². The fraction of sp³-hybridized carbons (Fsp3) is 0.158. The fourth-order valence-electron chi connectivity index (χ4n) is 2.66. The predicted molar refractivity (Wildman–Crippen MR) is 110 cm³/mol. The molecule has 0 spiro atoms. The summed E-state index contributed by atoms with van der Waals surface area (Å²) in [6.45, 7) is 2.33. The highest BCUT2D eigenvalue weighted by molar-refractivity contribution is 14.1. The number of carbonyl (C=O) groups excluding carboxylic acids is 3. The maximum atomic E-state index is 12.9. The molecule has 4 amide bonds. The van der Waals surface area contributed by atoms with E-state index in [1.807, 2.05) is 6.92 Å². The number of anilines is 1. The van der Waals surface area contributed by atoms with Gasteiger partial charge < -0.3 is 9.47 Å². The van der Waals surface area contributed by atoms with Crippen molar-refractivity contribution in [2.24, 2.45) is 0 Å². The number of urea groups is 1. The number of ether oxygens (including phenoxy) is 2. The molecule has 1 aromatic carbocycles. The number of nitrogens with one attached hydrogen (secondary N) is 1. The van der Waals surface area contributed by atoms with E-state index in [1.54, 1.807) is 12.1 Å². The topological polar surface area (TPSA) is 97.8 Å². The van der Waals surface area contributed by atoms with Gasteiger partial charge in [-0.05, 0) is 65.4 Å². The molecule has 2 aromatic rings. The first-order chi connectivity index (χ1) is 13.5. The molecule has 1 aliphatic heterocycles. The third-order valence-electron chi connectivity index (χ3n) is 3.87. The first kappa shape index (κ1) is 19.8. The van der Waals surface area contributed by atoms with Crippen LogP contribution in [0.5, 0.6) is 11.5 Å². The van der Waals surface area contributed by atoms with E-state index in [2.05, 4.69) is 32.9 Å². The number of hydrogen-bond donors (Lipinski definition) is 1. The molecule has 8 nitrogen and oxygen atoms in total. The van der Waals surface area contributed by atoms with Crippen molar-refractivity contribution in [3.05, 3.63) is 51.4 Å². The number of pyridine rings is 1. The van der Waals surface area contributed by atoms with Crippen LogP contribution in [0.3, 0.4) is 0 Å². The van der Waals surface area contributed by atoms with E-state index in [9.17, 15) is 14.4 Å². The summed E-state index contributed by atoms with van der Waals surface area (Å²) >= 11 is 2.09. The average molecular weight is 493 g/mol. The lowest BCUT2D eigenvalue weighted by molar-refractivity contribution is -0.122. The molecule has 2 heterocycles. The molecule has 3 rings (SSSR count). The third-order valence-corrected chi connectivity index (χ3v) is 4.68. The number of methoxy groups -OCH3 is 1. The number of carbonyl (C=O) groups is 3. The summed E-state index contributed by atoms with van der Waals surface area (Å²) in [6, 6.07) is 5.63. The molecular formula is C19H16IN3O5. The van der Waals surface area contributed by atoms with Gasteiger partial charge in [0, 0.05) is 12.4 Å². The van der Waals surface area contributed by atoms with Gasteiger partial charge in [-0.1, -0.05) is 0 Å². The molecule has 9 heteroatoms. The summed E-state index contributed by atoms with van der Waals surface area (Å²) in [5.74, 6) is -0.418. The van der Waals surface area contributed by atoms with E-state index in [4.69, 9.17) is 9.47 Å². The number of hydrogen-bond acceptors (Lipinski definition) is 6. The molecular weight excluding hydrogens is 477 g/mol.